The van der Waals surface area contributed by atoms with E-state index in [-0.39, 0.29) is 5.41 Å². The van der Waals surface area contributed by atoms with Crippen LogP contribution in [-0.4, -0.2) is 10.7 Å². The Hall–Kier alpha value is -0.310. The summed E-state index contributed by atoms with van der Waals surface area (Å²) in [5.74, 6) is 0. The molecule has 2 rings (SSSR count). The standard InChI is InChI=1S/C17H17Br2Cl/c1-13-3-2-4-15(9-13)17(11-18,12-19)10-14-5-7-16(20)8-6-14/h2-9H,10-12H2,1H3. The Bertz CT molecular complexity index is 559. The average molecular weight is 417 g/mol. The molecule has 0 fully saturated rings. The van der Waals surface area contributed by atoms with E-state index in [1.165, 1.54) is 16.7 Å². The second-order valence-electron chi connectivity index (χ2n) is 5.22. The third-order valence-corrected chi connectivity index (χ3v) is 6.00. The zero-order valence-electron chi connectivity index (χ0n) is 11.4. The van der Waals surface area contributed by atoms with Crippen molar-refractivity contribution in [1.29, 1.82) is 0 Å². The fourth-order valence-electron chi connectivity index (χ4n) is 2.35. The Morgan fingerprint density at radius 3 is 2.20 bits per heavy atom. The summed E-state index contributed by atoms with van der Waals surface area (Å²) in [4.78, 5) is 0. The lowest BCUT2D eigenvalue weighted by Gasteiger charge is -2.31. The highest BCUT2D eigenvalue weighted by Crippen LogP contribution is 2.33. The van der Waals surface area contributed by atoms with Crippen LogP contribution in [0.4, 0.5) is 0 Å². The minimum absolute atomic E-state index is 0.0554. The predicted octanol–water partition coefficient (Wildman–Crippen LogP) is 5.92. The lowest BCUT2D eigenvalue weighted by molar-refractivity contribution is 0.551. The molecule has 0 N–H and O–H groups in total. The van der Waals surface area contributed by atoms with Gasteiger partial charge in [-0.15, -0.1) is 0 Å². The molecule has 2 aromatic rings. The Morgan fingerprint density at radius 1 is 1.00 bits per heavy atom. The molecule has 0 unspecified atom stereocenters. The zero-order chi connectivity index (χ0) is 14.6. The summed E-state index contributed by atoms with van der Waals surface area (Å²) in [5.41, 5.74) is 4.01. The van der Waals surface area contributed by atoms with E-state index in [0.29, 0.717) is 0 Å². The third-order valence-electron chi connectivity index (χ3n) is 3.60. The normalized spacial score (nSPS) is 11.6. The van der Waals surface area contributed by atoms with Crippen molar-refractivity contribution in [3.05, 3.63) is 70.2 Å². The monoisotopic (exact) mass is 414 g/mol. The second kappa shape index (κ2) is 7.11. The quantitative estimate of drug-likeness (QED) is 0.531. The van der Waals surface area contributed by atoms with Crippen LogP contribution >= 0.6 is 43.5 Å². The molecule has 0 amide bonds. The summed E-state index contributed by atoms with van der Waals surface area (Å²) in [6.07, 6.45) is 0.976. The molecule has 3 heteroatoms. The molecule has 0 heterocycles. The van der Waals surface area contributed by atoms with Crippen molar-refractivity contribution in [3.63, 3.8) is 0 Å². The highest BCUT2D eigenvalue weighted by molar-refractivity contribution is 9.09. The Labute approximate surface area is 142 Å². The van der Waals surface area contributed by atoms with Gasteiger partial charge in [0.1, 0.15) is 0 Å². The van der Waals surface area contributed by atoms with Gasteiger partial charge in [0.25, 0.3) is 0 Å². The number of alkyl halides is 2. The van der Waals surface area contributed by atoms with E-state index < -0.39 is 0 Å². The van der Waals surface area contributed by atoms with Crippen molar-refractivity contribution >= 4 is 43.5 Å². The van der Waals surface area contributed by atoms with Crippen LogP contribution in [0.5, 0.6) is 0 Å². The summed E-state index contributed by atoms with van der Waals surface area (Å²) in [6, 6.07) is 16.9. The number of benzene rings is 2. The van der Waals surface area contributed by atoms with Crippen LogP contribution < -0.4 is 0 Å². The molecule has 0 atom stereocenters. The highest BCUT2D eigenvalue weighted by atomic mass is 79.9. The van der Waals surface area contributed by atoms with Gasteiger partial charge in [0.05, 0.1) is 0 Å². The smallest absolute Gasteiger partial charge is 0.0406 e. The summed E-state index contributed by atoms with van der Waals surface area (Å²) < 4.78 is 0. The molecule has 0 nitrogen and oxygen atoms in total. The topological polar surface area (TPSA) is 0 Å². The lowest BCUT2D eigenvalue weighted by Crippen LogP contribution is -2.33. The van der Waals surface area contributed by atoms with Crippen LogP contribution in [0.3, 0.4) is 0 Å². The number of rotatable bonds is 5. The van der Waals surface area contributed by atoms with Crippen LogP contribution in [-0.2, 0) is 11.8 Å². The van der Waals surface area contributed by atoms with Gasteiger partial charge in [-0.3, -0.25) is 0 Å². The largest absolute Gasteiger partial charge is 0.0918 e. The van der Waals surface area contributed by atoms with Crippen LogP contribution in [0.1, 0.15) is 16.7 Å². The first kappa shape index (κ1) is 16.1. The van der Waals surface area contributed by atoms with Gasteiger partial charge in [-0.1, -0.05) is 85.4 Å². The van der Waals surface area contributed by atoms with Crippen molar-refractivity contribution < 1.29 is 0 Å². The SMILES string of the molecule is Cc1cccc(C(CBr)(CBr)Cc2ccc(Cl)cc2)c1. The van der Waals surface area contributed by atoms with Gasteiger partial charge in [-0.05, 0) is 36.6 Å². The number of hydrogen-bond donors (Lipinski definition) is 0. The first-order valence-corrected chi connectivity index (χ1v) is 9.15. The fraction of sp³-hybridized carbons (Fsp3) is 0.294. The fourth-order valence-corrected chi connectivity index (χ4v) is 4.45. The van der Waals surface area contributed by atoms with Gasteiger partial charge in [-0.2, -0.15) is 0 Å². The highest BCUT2D eigenvalue weighted by Gasteiger charge is 2.30. The molecule has 0 spiro atoms. The first-order chi connectivity index (χ1) is 9.59. The average Bonchev–Trinajstić information content (AvgIpc) is 2.47. The molecule has 0 saturated heterocycles. The van der Waals surface area contributed by atoms with Crippen LogP contribution in [0, 0.1) is 6.92 Å². The van der Waals surface area contributed by atoms with Gasteiger partial charge in [0.2, 0.25) is 0 Å². The third kappa shape index (κ3) is 3.66. The van der Waals surface area contributed by atoms with Crippen molar-refractivity contribution in [1.82, 2.24) is 0 Å². The van der Waals surface area contributed by atoms with Gasteiger partial charge in [0, 0.05) is 21.1 Å². The summed E-state index contributed by atoms with van der Waals surface area (Å²) >= 11 is 13.4. The van der Waals surface area contributed by atoms with Crippen LogP contribution in [0.25, 0.3) is 0 Å². The molecule has 0 radical (unpaired) electrons. The van der Waals surface area contributed by atoms with Crippen molar-refractivity contribution in [2.24, 2.45) is 0 Å². The molecule has 2 aromatic carbocycles. The minimum Gasteiger partial charge on any atom is -0.0918 e. The van der Waals surface area contributed by atoms with E-state index >= 15 is 0 Å². The molecule has 0 aliphatic carbocycles. The molecule has 20 heavy (non-hydrogen) atoms. The molecular formula is C17H17Br2Cl. The van der Waals surface area contributed by atoms with Crippen molar-refractivity contribution in [2.75, 3.05) is 10.7 Å². The first-order valence-electron chi connectivity index (χ1n) is 6.53. The maximum atomic E-state index is 5.97. The van der Waals surface area contributed by atoms with Crippen LogP contribution in [0.2, 0.25) is 5.02 Å². The Morgan fingerprint density at radius 2 is 1.65 bits per heavy atom. The Kier molecular flexibility index (Phi) is 5.71. The molecular weight excluding hydrogens is 399 g/mol. The number of hydrogen-bond acceptors (Lipinski definition) is 0. The molecule has 0 aromatic heterocycles. The summed E-state index contributed by atoms with van der Waals surface area (Å²) in [6.45, 7) is 2.14. The van der Waals surface area contributed by atoms with E-state index in [9.17, 15) is 0 Å². The minimum atomic E-state index is 0.0554. The molecule has 106 valence electrons. The lowest BCUT2D eigenvalue weighted by atomic mass is 9.78. The van der Waals surface area contributed by atoms with E-state index in [4.69, 9.17) is 11.6 Å². The molecule has 0 saturated carbocycles. The second-order valence-corrected chi connectivity index (χ2v) is 6.78. The van der Waals surface area contributed by atoms with Crippen molar-refractivity contribution in [3.8, 4) is 0 Å². The van der Waals surface area contributed by atoms with E-state index in [1.54, 1.807) is 0 Å². The predicted molar refractivity (Wildman–Crippen MR) is 95.6 cm³/mol. The number of halogens is 3. The van der Waals surface area contributed by atoms with Gasteiger partial charge >= 0.3 is 0 Å². The van der Waals surface area contributed by atoms with E-state index in [0.717, 1.165) is 22.1 Å². The molecule has 0 aliphatic rings. The zero-order valence-corrected chi connectivity index (χ0v) is 15.3. The maximum Gasteiger partial charge on any atom is 0.0406 e. The summed E-state index contributed by atoms with van der Waals surface area (Å²) in [7, 11) is 0. The number of aryl methyl sites for hydroxylation is 1. The van der Waals surface area contributed by atoms with Gasteiger partial charge in [0.15, 0.2) is 0 Å². The molecule has 0 bridgehead atoms. The van der Waals surface area contributed by atoms with Gasteiger partial charge in [-0.25, -0.2) is 0 Å². The van der Waals surface area contributed by atoms with E-state index in [2.05, 4.69) is 75.2 Å². The van der Waals surface area contributed by atoms with E-state index in [1.807, 2.05) is 12.1 Å². The maximum absolute atomic E-state index is 5.97. The van der Waals surface area contributed by atoms with Crippen LogP contribution in [0.15, 0.2) is 48.5 Å². The summed E-state index contributed by atoms with van der Waals surface area (Å²) in [5, 5.41) is 2.61. The molecule has 0 aliphatic heterocycles. The van der Waals surface area contributed by atoms with Crippen molar-refractivity contribution in [2.45, 2.75) is 18.8 Å². The Balaban J connectivity index is 2.36. The van der Waals surface area contributed by atoms with Gasteiger partial charge < -0.3 is 0 Å².